The van der Waals surface area contributed by atoms with E-state index in [0.717, 1.165) is 25.2 Å². The predicted molar refractivity (Wildman–Crippen MR) is 61.6 cm³/mol. The summed E-state index contributed by atoms with van der Waals surface area (Å²) in [6.07, 6.45) is 3.73. The van der Waals surface area contributed by atoms with Gasteiger partial charge in [-0.2, -0.15) is 5.10 Å². The lowest BCUT2D eigenvalue weighted by atomic mass is 9.99. The molecule has 0 aliphatic rings. The third-order valence-corrected chi connectivity index (χ3v) is 2.76. The molecule has 0 bridgehead atoms. The molecule has 0 aliphatic carbocycles. The number of aromatic nitrogens is 3. The minimum absolute atomic E-state index is 0.576. The van der Waals surface area contributed by atoms with Crippen molar-refractivity contribution in [1.82, 2.24) is 20.1 Å². The van der Waals surface area contributed by atoms with E-state index in [9.17, 15) is 0 Å². The zero-order valence-corrected chi connectivity index (χ0v) is 10.2. The van der Waals surface area contributed by atoms with E-state index in [2.05, 4.69) is 36.2 Å². The van der Waals surface area contributed by atoms with Crippen molar-refractivity contribution in [2.45, 2.75) is 39.7 Å². The Balaban J connectivity index is 2.43. The molecule has 0 saturated carbocycles. The van der Waals surface area contributed by atoms with Crippen molar-refractivity contribution < 1.29 is 0 Å². The number of hydrogen-bond donors (Lipinski definition) is 1. The van der Waals surface area contributed by atoms with E-state index in [1.54, 1.807) is 6.33 Å². The fourth-order valence-electron chi connectivity index (χ4n) is 1.76. The Hall–Kier alpha value is -0.900. The van der Waals surface area contributed by atoms with Gasteiger partial charge in [0, 0.05) is 19.5 Å². The largest absolute Gasteiger partial charge is 0.314 e. The van der Waals surface area contributed by atoms with Crippen LogP contribution in [0.2, 0.25) is 0 Å². The van der Waals surface area contributed by atoms with Crippen LogP contribution in [0.25, 0.3) is 0 Å². The zero-order chi connectivity index (χ0) is 11.3. The SMILES string of the molecule is CCNC(CCc1ncnn1C)C(C)C. The molecule has 0 radical (unpaired) electrons. The van der Waals surface area contributed by atoms with Gasteiger partial charge in [0.05, 0.1) is 0 Å². The Bertz CT molecular complexity index is 280. The summed E-state index contributed by atoms with van der Waals surface area (Å²) >= 11 is 0. The van der Waals surface area contributed by atoms with Gasteiger partial charge in [-0.05, 0) is 18.9 Å². The Morgan fingerprint density at radius 2 is 2.20 bits per heavy atom. The van der Waals surface area contributed by atoms with E-state index < -0.39 is 0 Å². The minimum atomic E-state index is 0.576. The van der Waals surface area contributed by atoms with Crippen molar-refractivity contribution in [3.63, 3.8) is 0 Å². The molecule has 1 atom stereocenters. The quantitative estimate of drug-likeness (QED) is 0.771. The van der Waals surface area contributed by atoms with Gasteiger partial charge in [0.15, 0.2) is 0 Å². The van der Waals surface area contributed by atoms with Crippen LogP contribution < -0.4 is 5.32 Å². The lowest BCUT2D eigenvalue weighted by Crippen LogP contribution is -2.34. The van der Waals surface area contributed by atoms with Crippen LogP contribution in [0.3, 0.4) is 0 Å². The maximum absolute atomic E-state index is 4.23. The van der Waals surface area contributed by atoms with Gasteiger partial charge in [-0.25, -0.2) is 4.98 Å². The highest BCUT2D eigenvalue weighted by atomic mass is 15.3. The van der Waals surface area contributed by atoms with Crippen LogP contribution in [0.5, 0.6) is 0 Å². The molecule has 1 heterocycles. The molecule has 1 aromatic heterocycles. The normalized spacial score (nSPS) is 13.4. The van der Waals surface area contributed by atoms with Crippen molar-refractivity contribution in [3.05, 3.63) is 12.2 Å². The van der Waals surface area contributed by atoms with E-state index >= 15 is 0 Å². The van der Waals surface area contributed by atoms with Crippen LogP contribution >= 0.6 is 0 Å². The summed E-state index contributed by atoms with van der Waals surface area (Å²) in [5, 5.41) is 7.58. The first-order chi connectivity index (χ1) is 7.15. The van der Waals surface area contributed by atoms with Gasteiger partial charge < -0.3 is 5.32 Å². The van der Waals surface area contributed by atoms with Crippen LogP contribution in [-0.2, 0) is 13.5 Å². The Morgan fingerprint density at radius 1 is 1.47 bits per heavy atom. The van der Waals surface area contributed by atoms with E-state index in [-0.39, 0.29) is 0 Å². The highest BCUT2D eigenvalue weighted by Crippen LogP contribution is 2.09. The molecule has 0 spiro atoms. The third kappa shape index (κ3) is 3.63. The van der Waals surface area contributed by atoms with E-state index in [4.69, 9.17) is 0 Å². The first-order valence-electron chi connectivity index (χ1n) is 5.71. The molecule has 1 rings (SSSR count). The highest BCUT2D eigenvalue weighted by Gasteiger charge is 2.12. The van der Waals surface area contributed by atoms with Gasteiger partial charge in [-0.3, -0.25) is 4.68 Å². The van der Waals surface area contributed by atoms with E-state index in [1.165, 1.54) is 0 Å². The lowest BCUT2D eigenvalue weighted by Gasteiger charge is -2.21. The smallest absolute Gasteiger partial charge is 0.138 e. The Morgan fingerprint density at radius 3 is 2.67 bits per heavy atom. The molecular formula is C11H22N4. The monoisotopic (exact) mass is 210 g/mol. The summed E-state index contributed by atoms with van der Waals surface area (Å²) in [6.45, 7) is 7.69. The van der Waals surface area contributed by atoms with Crippen LogP contribution in [0.1, 0.15) is 33.0 Å². The van der Waals surface area contributed by atoms with Crippen molar-refractivity contribution in [2.75, 3.05) is 6.54 Å². The molecular weight excluding hydrogens is 188 g/mol. The maximum atomic E-state index is 4.23. The van der Waals surface area contributed by atoms with Gasteiger partial charge in [0.1, 0.15) is 12.2 Å². The fraction of sp³-hybridized carbons (Fsp3) is 0.818. The maximum Gasteiger partial charge on any atom is 0.138 e. The van der Waals surface area contributed by atoms with Gasteiger partial charge in [-0.1, -0.05) is 20.8 Å². The molecule has 0 saturated heterocycles. The van der Waals surface area contributed by atoms with Crippen LogP contribution in [0, 0.1) is 5.92 Å². The Labute approximate surface area is 92.1 Å². The molecule has 4 nitrogen and oxygen atoms in total. The average molecular weight is 210 g/mol. The summed E-state index contributed by atoms with van der Waals surface area (Å²) in [5.41, 5.74) is 0. The Kier molecular flexibility index (Phi) is 4.75. The third-order valence-electron chi connectivity index (χ3n) is 2.76. The second-order valence-corrected chi connectivity index (χ2v) is 4.25. The minimum Gasteiger partial charge on any atom is -0.314 e. The molecule has 1 aromatic rings. The first kappa shape index (κ1) is 12.2. The molecule has 1 N–H and O–H groups in total. The topological polar surface area (TPSA) is 42.7 Å². The first-order valence-corrected chi connectivity index (χ1v) is 5.71. The second kappa shape index (κ2) is 5.85. The zero-order valence-electron chi connectivity index (χ0n) is 10.2. The van der Waals surface area contributed by atoms with E-state index in [0.29, 0.717) is 12.0 Å². The van der Waals surface area contributed by atoms with Crippen LogP contribution in [0.15, 0.2) is 6.33 Å². The van der Waals surface area contributed by atoms with Gasteiger partial charge >= 0.3 is 0 Å². The van der Waals surface area contributed by atoms with E-state index in [1.807, 2.05) is 11.7 Å². The molecule has 0 aliphatic heterocycles. The van der Waals surface area contributed by atoms with Crippen molar-refractivity contribution in [1.29, 1.82) is 0 Å². The molecule has 4 heteroatoms. The molecule has 0 aromatic carbocycles. The summed E-state index contributed by atoms with van der Waals surface area (Å²) in [7, 11) is 1.94. The summed E-state index contributed by atoms with van der Waals surface area (Å²) in [5.74, 6) is 1.73. The van der Waals surface area contributed by atoms with Crippen LogP contribution in [0.4, 0.5) is 0 Å². The standard InChI is InChI=1S/C11H22N4/c1-5-12-10(9(2)3)6-7-11-13-8-14-15(11)4/h8-10,12H,5-7H2,1-4H3. The lowest BCUT2D eigenvalue weighted by molar-refractivity contribution is 0.381. The summed E-state index contributed by atoms with van der Waals surface area (Å²) in [6, 6.07) is 0.576. The van der Waals surface area contributed by atoms with Crippen molar-refractivity contribution >= 4 is 0 Å². The average Bonchev–Trinajstić information content (AvgIpc) is 2.58. The van der Waals surface area contributed by atoms with Crippen molar-refractivity contribution in [2.24, 2.45) is 13.0 Å². The molecule has 1 unspecified atom stereocenters. The van der Waals surface area contributed by atoms with Gasteiger partial charge in [0.2, 0.25) is 0 Å². The summed E-state index contributed by atoms with van der Waals surface area (Å²) in [4.78, 5) is 4.23. The fourth-order valence-corrected chi connectivity index (χ4v) is 1.76. The van der Waals surface area contributed by atoms with Crippen molar-refractivity contribution in [3.8, 4) is 0 Å². The number of aryl methyl sites for hydroxylation is 2. The molecule has 0 fully saturated rings. The number of nitrogens with one attached hydrogen (secondary N) is 1. The van der Waals surface area contributed by atoms with Crippen LogP contribution in [-0.4, -0.2) is 27.4 Å². The molecule has 15 heavy (non-hydrogen) atoms. The number of rotatable bonds is 6. The highest BCUT2D eigenvalue weighted by molar-refractivity contribution is 4.86. The molecule has 0 amide bonds. The number of hydrogen-bond acceptors (Lipinski definition) is 3. The summed E-state index contributed by atoms with van der Waals surface area (Å²) < 4.78 is 1.85. The second-order valence-electron chi connectivity index (χ2n) is 4.25. The van der Waals surface area contributed by atoms with Gasteiger partial charge in [-0.15, -0.1) is 0 Å². The van der Waals surface area contributed by atoms with Gasteiger partial charge in [0.25, 0.3) is 0 Å². The predicted octanol–water partition coefficient (Wildman–Crippen LogP) is 1.38. The molecule has 86 valence electrons. The number of nitrogens with zero attached hydrogens (tertiary/aromatic N) is 3.